The van der Waals surface area contributed by atoms with Gasteiger partial charge in [0.25, 0.3) is 0 Å². The van der Waals surface area contributed by atoms with Crippen LogP contribution in [0.3, 0.4) is 0 Å². The lowest BCUT2D eigenvalue weighted by molar-refractivity contribution is 0.327. The van der Waals surface area contributed by atoms with Gasteiger partial charge in [-0.05, 0) is 23.8 Å². The Morgan fingerprint density at radius 2 is 1.72 bits per heavy atom. The number of benzene rings is 2. The van der Waals surface area contributed by atoms with Gasteiger partial charge < -0.3 is 24.4 Å². The molecule has 2 aromatic carbocycles. The Morgan fingerprint density at radius 3 is 2.34 bits per heavy atom. The Bertz CT molecular complexity index is 1010. The van der Waals surface area contributed by atoms with E-state index in [1.807, 2.05) is 49.3 Å². The number of methoxy groups -OCH3 is 3. The van der Waals surface area contributed by atoms with Gasteiger partial charge in [-0.1, -0.05) is 23.7 Å². The zero-order valence-electron chi connectivity index (χ0n) is 17.4. The van der Waals surface area contributed by atoms with Crippen molar-refractivity contribution in [2.45, 2.75) is 13.1 Å². The maximum atomic E-state index is 6.08. The number of hydrogen-bond donors (Lipinski definition) is 1. The molecule has 1 heterocycles. The molecule has 0 spiro atoms. The number of pyridine rings is 1. The van der Waals surface area contributed by atoms with Crippen molar-refractivity contribution >= 4 is 28.3 Å². The molecule has 0 saturated carbocycles. The number of aromatic nitrogens is 1. The van der Waals surface area contributed by atoms with Gasteiger partial charge in [0.15, 0.2) is 11.5 Å². The van der Waals surface area contributed by atoms with Crippen molar-refractivity contribution in [3.8, 4) is 17.2 Å². The molecule has 0 bridgehead atoms. The molecule has 7 heteroatoms. The predicted molar refractivity (Wildman–Crippen MR) is 118 cm³/mol. The van der Waals surface area contributed by atoms with Crippen LogP contribution < -0.4 is 24.4 Å². The van der Waals surface area contributed by atoms with Crippen LogP contribution in [-0.2, 0) is 13.1 Å². The van der Waals surface area contributed by atoms with Crippen LogP contribution in [0.5, 0.6) is 17.2 Å². The molecule has 0 radical (unpaired) electrons. The third-order valence-electron chi connectivity index (χ3n) is 4.64. The molecule has 1 N–H and O–H groups in total. The molecule has 0 fully saturated rings. The Morgan fingerprint density at radius 1 is 0.966 bits per heavy atom. The highest BCUT2D eigenvalue weighted by molar-refractivity contribution is 6.30. The summed E-state index contributed by atoms with van der Waals surface area (Å²) in [7, 11) is 8.78. The maximum absolute atomic E-state index is 6.08. The summed E-state index contributed by atoms with van der Waals surface area (Å²) in [5, 5.41) is 5.08. The van der Waals surface area contributed by atoms with Crippen molar-refractivity contribution in [1.82, 2.24) is 10.3 Å². The Labute approximate surface area is 176 Å². The van der Waals surface area contributed by atoms with Gasteiger partial charge >= 0.3 is 0 Å². The molecule has 154 valence electrons. The zero-order valence-corrected chi connectivity index (χ0v) is 18.1. The van der Waals surface area contributed by atoms with E-state index in [2.05, 4.69) is 11.4 Å². The minimum absolute atomic E-state index is 0.555. The predicted octanol–water partition coefficient (Wildman–Crippen LogP) is 4.27. The molecule has 1 aromatic heterocycles. The standard InChI is InChI=1S/C22H26ClN3O3/c1-26(2)22-15(13-24-12-14-7-6-8-16(23)9-14)10-17-18(25-22)11-19(27-3)21(29-5)20(17)28-4/h6-11,24H,12-13H2,1-5H3. The SMILES string of the molecule is COc1cc2nc(N(C)C)c(CNCc3cccc(Cl)c3)cc2c(OC)c1OC. The van der Waals surface area contributed by atoms with Crippen LogP contribution in [0.4, 0.5) is 5.82 Å². The number of anilines is 1. The largest absolute Gasteiger partial charge is 0.493 e. The zero-order chi connectivity index (χ0) is 21.0. The molecule has 0 aliphatic carbocycles. The first-order valence-corrected chi connectivity index (χ1v) is 9.61. The fraction of sp³-hybridized carbons (Fsp3) is 0.318. The number of halogens is 1. The summed E-state index contributed by atoms with van der Waals surface area (Å²) in [6, 6.07) is 11.8. The fourth-order valence-corrected chi connectivity index (χ4v) is 3.54. The molecule has 0 atom stereocenters. The molecule has 6 nitrogen and oxygen atoms in total. The first-order valence-electron chi connectivity index (χ1n) is 9.23. The van der Waals surface area contributed by atoms with E-state index >= 15 is 0 Å². The van der Waals surface area contributed by atoms with Crippen LogP contribution in [-0.4, -0.2) is 40.4 Å². The van der Waals surface area contributed by atoms with Gasteiger partial charge in [-0.25, -0.2) is 4.98 Å². The average molecular weight is 416 g/mol. The van der Waals surface area contributed by atoms with Gasteiger partial charge in [-0.2, -0.15) is 0 Å². The van der Waals surface area contributed by atoms with E-state index in [-0.39, 0.29) is 0 Å². The first-order chi connectivity index (χ1) is 14.0. The second-order valence-electron chi connectivity index (χ2n) is 6.81. The molecule has 0 saturated heterocycles. The van der Waals surface area contributed by atoms with Gasteiger partial charge in [0.1, 0.15) is 5.82 Å². The van der Waals surface area contributed by atoms with E-state index in [0.717, 1.165) is 32.9 Å². The lowest BCUT2D eigenvalue weighted by Crippen LogP contribution is -2.18. The topological polar surface area (TPSA) is 55.9 Å². The molecule has 0 aliphatic rings. The number of nitrogens with one attached hydrogen (secondary N) is 1. The highest BCUT2D eigenvalue weighted by atomic mass is 35.5. The lowest BCUT2D eigenvalue weighted by Gasteiger charge is -2.20. The van der Waals surface area contributed by atoms with Gasteiger partial charge in [0, 0.05) is 49.2 Å². The number of fused-ring (bicyclic) bond motifs is 1. The van der Waals surface area contributed by atoms with Crippen LogP contribution in [0.1, 0.15) is 11.1 Å². The Kier molecular flexibility index (Phi) is 6.67. The van der Waals surface area contributed by atoms with Gasteiger partial charge in [-0.15, -0.1) is 0 Å². The average Bonchev–Trinajstić information content (AvgIpc) is 2.71. The maximum Gasteiger partial charge on any atom is 0.204 e. The first kappa shape index (κ1) is 21.0. The quantitative estimate of drug-likeness (QED) is 0.593. The minimum atomic E-state index is 0.555. The minimum Gasteiger partial charge on any atom is -0.493 e. The van der Waals surface area contributed by atoms with Crippen LogP contribution >= 0.6 is 11.6 Å². The highest BCUT2D eigenvalue weighted by Crippen LogP contribution is 2.43. The molecular weight excluding hydrogens is 390 g/mol. The van der Waals surface area contributed by atoms with E-state index in [1.54, 1.807) is 21.3 Å². The summed E-state index contributed by atoms with van der Waals surface area (Å²) in [5.74, 6) is 2.63. The second-order valence-corrected chi connectivity index (χ2v) is 7.25. The van der Waals surface area contributed by atoms with Crippen LogP contribution in [0.25, 0.3) is 10.9 Å². The van der Waals surface area contributed by atoms with Crippen molar-refractivity contribution in [1.29, 1.82) is 0 Å². The summed E-state index contributed by atoms with van der Waals surface area (Å²) in [4.78, 5) is 6.86. The molecule has 3 aromatic rings. The molecule has 0 amide bonds. The van der Waals surface area contributed by atoms with E-state index in [0.29, 0.717) is 30.3 Å². The molecule has 3 rings (SSSR count). The number of ether oxygens (including phenoxy) is 3. The van der Waals surface area contributed by atoms with Crippen molar-refractivity contribution in [2.75, 3.05) is 40.3 Å². The van der Waals surface area contributed by atoms with Crippen molar-refractivity contribution in [3.05, 3.63) is 52.5 Å². The van der Waals surface area contributed by atoms with Crippen molar-refractivity contribution in [2.24, 2.45) is 0 Å². The van der Waals surface area contributed by atoms with E-state index in [4.69, 9.17) is 30.8 Å². The normalized spacial score (nSPS) is 10.8. The fourth-order valence-electron chi connectivity index (χ4n) is 3.33. The summed E-state index contributed by atoms with van der Waals surface area (Å²) in [6.07, 6.45) is 0. The summed E-state index contributed by atoms with van der Waals surface area (Å²) < 4.78 is 16.6. The Hall–Kier alpha value is -2.70. The third kappa shape index (κ3) is 4.49. The van der Waals surface area contributed by atoms with Crippen LogP contribution in [0.2, 0.25) is 5.02 Å². The number of hydrogen-bond acceptors (Lipinski definition) is 6. The summed E-state index contributed by atoms with van der Waals surface area (Å²) in [6.45, 7) is 1.34. The van der Waals surface area contributed by atoms with Gasteiger partial charge in [-0.3, -0.25) is 0 Å². The highest BCUT2D eigenvalue weighted by Gasteiger charge is 2.19. The van der Waals surface area contributed by atoms with Crippen molar-refractivity contribution in [3.63, 3.8) is 0 Å². The summed E-state index contributed by atoms with van der Waals surface area (Å²) in [5.41, 5.74) is 2.96. The molecule has 29 heavy (non-hydrogen) atoms. The molecule has 0 unspecified atom stereocenters. The number of rotatable bonds is 8. The van der Waals surface area contributed by atoms with Gasteiger partial charge in [0.2, 0.25) is 5.75 Å². The Balaban J connectivity index is 1.99. The summed E-state index contributed by atoms with van der Waals surface area (Å²) >= 11 is 6.08. The monoisotopic (exact) mass is 415 g/mol. The van der Waals surface area contributed by atoms with E-state index < -0.39 is 0 Å². The smallest absolute Gasteiger partial charge is 0.204 e. The van der Waals surface area contributed by atoms with Gasteiger partial charge in [0.05, 0.1) is 26.8 Å². The third-order valence-corrected chi connectivity index (χ3v) is 4.87. The second kappa shape index (κ2) is 9.20. The van der Waals surface area contributed by atoms with E-state index in [9.17, 15) is 0 Å². The van der Waals surface area contributed by atoms with E-state index in [1.165, 1.54) is 0 Å². The van der Waals surface area contributed by atoms with Crippen LogP contribution in [0, 0.1) is 0 Å². The van der Waals surface area contributed by atoms with Crippen LogP contribution in [0.15, 0.2) is 36.4 Å². The van der Waals surface area contributed by atoms with Crippen molar-refractivity contribution < 1.29 is 14.2 Å². The lowest BCUT2D eigenvalue weighted by atomic mass is 10.1. The number of nitrogens with zero attached hydrogens (tertiary/aromatic N) is 2. The molecule has 0 aliphatic heterocycles. The molecular formula is C22H26ClN3O3.